The van der Waals surface area contributed by atoms with Gasteiger partial charge in [-0.2, -0.15) is 0 Å². The predicted octanol–water partition coefficient (Wildman–Crippen LogP) is 5.15. The first-order valence-electron chi connectivity index (χ1n) is 6.25. The van der Waals surface area contributed by atoms with Crippen LogP contribution in [0.5, 0.6) is 0 Å². The number of nitrogens with one attached hydrogen (secondary N) is 1. The van der Waals surface area contributed by atoms with Crippen LogP contribution in [0.15, 0.2) is 54.7 Å². The van der Waals surface area contributed by atoms with Crippen molar-refractivity contribution in [2.75, 3.05) is 5.32 Å². The van der Waals surface area contributed by atoms with Gasteiger partial charge in [0.25, 0.3) is 0 Å². The molecule has 0 aliphatic carbocycles. The smallest absolute Gasteiger partial charge is 0.0723 e. The fourth-order valence-electron chi connectivity index (χ4n) is 2.10. The Morgan fingerprint density at radius 1 is 1.00 bits per heavy atom. The van der Waals surface area contributed by atoms with Gasteiger partial charge in [-0.3, -0.25) is 4.98 Å². The van der Waals surface area contributed by atoms with Gasteiger partial charge < -0.3 is 5.32 Å². The van der Waals surface area contributed by atoms with Crippen LogP contribution < -0.4 is 5.32 Å². The lowest BCUT2D eigenvalue weighted by atomic mass is 10.1. The number of hydrogen-bond donors (Lipinski definition) is 1. The topological polar surface area (TPSA) is 24.9 Å². The van der Waals surface area contributed by atoms with Gasteiger partial charge in [0.15, 0.2) is 0 Å². The van der Waals surface area contributed by atoms with Gasteiger partial charge in [-0.1, -0.05) is 41.4 Å². The second-order valence-corrected chi connectivity index (χ2v) is 5.31. The summed E-state index contributed by atoms with van der Waals surface area (Å²) in [6.07, 6.45) is 1.78. The summed E-state index contributed by atoms with van der Waals surface area (Å²) in [6, 6.07) is 15.4. The average molecular weight is 303 g/mol. The molecule has 3 aromatic rings. The van der Waals surface area contributed by atoms with Crippen LogP contribution >= 0.6 is 23.2 Å². The number of halogens is 2. The summed E-state index contributed by atoms with van der Waals surface area (Å²) in [5, 5.41) is 5.86. The van der Waals surface area contributed by atoms with Crippen LogP contribution in [0.25, 0.3) is 10.9 Å². The number of hydrogen-bond acceptors (Lipinski definition) is 2. The molecule has 1 N–H and O–H groups in total. The van der Waals surface area contributed by atoms with Crippen molar-refractivity contribution in [1.82, 2.24) is 4.98 Å². The maximum Gasteiger partial charge on any atom is 0.0723 e. The molecule has 1 aromatic heterocycles. The molecule has 0 radical (unpaired) electrons. The molecule has 0 aliphatic heterocycles. The van der Waals surface area contributed by atoms with Crippen LogP contribution in [0.2, 0.25) is 10.0 Å². The molecule has 0 saturated heterocycles. The highest BCUT2D eigenvalue weighted by atomic mass is 35.5. The molecule has 0 saturated carbocycles. The van der Waals surface area contributed by atoms with E-state index in [0.29, 0.717) is 11.6 Å². The van der Waals surface area contributed by atoms with Crippen LogP contribution in [0.4, 0.5) is 5.69 Å². The Bertz CT molecular complexity index is 756. The highest BCUT2D eigenvalue weighted by Gasteiger charge is 2.04. The summed E-state index contributed by atoms with van der Waals surface area (Å²) < 4.78 is 0. The third kappa shape index (κ3) is 2.72. The first-order valence-corrected chi connectivity index (χ1v) is 7.01. The Morgan fingerprint density at radius 3 is 2.70 bits per heavy atom. The van der Waals surface area contributed by atoms with Crippen molar-refractivity contribution < 1.29 is 0 Å². The molecule has 4 heteroatoms. The summed E-state index contributed by atoms with van der Waals surface area (Å²) in [7, 11) is 0. The van der Waals surface area contributed by atoms with E-state index in [0.717, 1.165) is 27.2 Å². The first-order chi connectivity index (χ1) is 9.74. The minimum Gasteiger partial charge on any atom is -0.380 e. The summed E-state index contributed by atoms with van der Waals surface area (Å²) in [6.45, 7) is 0.658. The van der Waals surface area contributed by atoms with Gasteiger partial charge in [-0.25, -0.2) is 0 Å². The van der Waals surface area contributed by atoms with Crippen LogP contribution in [0.3, 0.4) is 0 Å². The maximum absolute atomic E-state index is 6.16. The normalized spacial score (nSPS) is 10.7. The van der Waals surface area contributed by atoms with Crippen molar-refractivity contribution in [2.45, 2.75) is 6.54 Å². The number of rotatable bonds is 3. The molecule has 100 valence electrons. The molecule has 0 amide bonds. The lowest BCUT2D eigenvalue weighted by Crippen LogP contribution is -2.00. The van der Waals surface area contributed by atoms with Crippen LogP contribution in [0, 0.1) is 0 Å². The molecule has 0 spiro atoms. The van der Waals surface area contributed by atoms with Crippen molar-refractivity contribution in [3.8, 4) is 0 Å². The van der Waals surface area contributed by atoms with E-state index in [-0.39, 0.29) is 0 Å². The number of aromatic nitrogens is 1. The molecular weight excluding hydrogens is 291 g/mol. The fraction of sp³-hybridized carbons (Fsp3) is 0.0625. The molecule has 0 unspecified atom stereocenters. The number of anilines is 1. The molecule has 0 fully saturated rings. The molecule has 2 nitrogen and oxygen atoms in total. The van der Waals surface area contributed by atoms with Crippen molar-refractivity contribution in [3.63, 3.8) is 0 Å². The Hall–Kier alpha value is -1.77. The van der Waals surface area contributed by atoms with Crippen LogP contribution in [0.1, 0.15) is 5.56 Å². The Morgan fingerprint density at radius 2 is 1.85 bits per heavy atom. The Balaban J connectivity index is 1.91. The SMILES string of the molecule is Clc1ccc2nccc(NCc3ccccc3Cl)c2c1. The van der Waals surface area contributed by atoms with Crippen molar-refractivity contribution in [1.29, 1.82) is 0 Å². The number of benzene rings is 2. The van der Waals surface area contributed by atoms with E-state index in [1.807, 2.05) is 48.5 Å². The van der Waals surface area contributed by atoms with Gasteiger partial charge in [-0.05, 0) is 35.9 Å². The van der Waals surface area contributed by atoms with E-state index in [2.05, 4.69) is 10.3 Å². The molecular formula is C16H12Cl2N2. The Labute approximate surface area is 127 Å². The van der Waals surface area contributed by atoms with Gasteiger partial charge in [0.1, 0.15) is 0 Å². The zero-order valence-electron chi connectivity index (χ0n) is 10.6. The van der Waals surface area contributed by atoms with Crippen molar-refractivity contribution >= 4 is 39.8 Å². The van der Waals surface area contributed by atoms with Crippen molar-refractivity contribution in [2.24, 2.45) is 0 Å². The third-order valence-corrected chi connectivity index (χ3v) is 3.73. The highest BCUT2D eigenvalue weighted by molar-refractivity contribution is 6.31. The second-order valence-electron chi connectivity index (χ2n) is 4.46. The van der Waals surface area contributed by atoms with E-state index in [1.54, 1.807) is 6.20 Å². The summed E-state index contributed by atoms with van der Waals surface area (Å²) in [4.78, 5) is 4.33. The van der Waals surface area contributed by atoms with E-state index >= 15 is 0 Å². The van der Waals surface area contributed by atoms with Crippen LogP contribution in [-0.4, -0.2) is 4.98 Å². The zero-order valence-corrected chi connectivity index (χ0v) is 12.1. The van der Waals surface area contributed by atoms with Crippen LogP contribution in [-0.2, 0) is 6.54 Å². The Kier molecular flexibility index (Phi) is 3.77. The van der Waals surface area contributed by atoms with E-state index in [9.17, 15) is 0 Å². The first kappa shape index (κ1) is 13.2. The monoisotopic (exact) mass is 302 g/mol. The molecule has 0 bridgehead atoms. The lowest BCUT2D eigenvalue weighted by Gasteiger charge is -2.10. The fourth-order valence-corrected chi connectivity index (χ4v) is 2.48. The van der Waals surface area contributed by atoms with E-state index in [4.69, 9.17) is 23.2 Å². The third-order valence-electron chi connectivity index (χ3n) is 3.13. The summed E-state index contributed by atoms with van der Waals surface area (Å²) >= 11 is 12.2. The highest BCUT2D eigenvalue weighted by Crippen LogP contribution is 2.26. The van der Waals surface area contributed by atoms with E-state index < -0.39 is 0 Å². The minimum atomic E-state index is 0.658. The molecule has 0 atom stereocenters. The minimum absolute atomic E-state index is 0.658. The van der Waals surface area contributed by atoms with Gasteiger partial charge >= 0.3 is 0 Å². The number of nitrogens with zero attached hydrogens (tertiary/aromatic N) is 1. The molecule has 2 aromatic carbocycles. The predicted molar refractivity (Wildman–Crippen MR) is 85.5 cm³/mol. The lowest BCUT2D eigenvalue weighted by molar-refractivity contribution is 1.15. The van der Waals surface area contributed by atoms with Crippen molar-refractivity contribution in [3.05, 3.63) is 70.3 Å². The molecule has 1 heterocycles. The maximum atomic E-state index is 6.16. The standard InChI is InChI=1S/C16H12Cl2N2/c17-12-5-6-15-13(9-12)16(7-8-19-15)20-10-11-3-1-2-4-14(11)18/h1-9H,10H2,(H,19,20). The van der Waals surface area contributed by atoms with E-state index in [1.165, 1.54) is 0 Å². The number of fused-ring (bicyclic) bond motifs is 1. The molecule has 20 heavy (non-hydrogen) atoms. The molecule has 3 rings (SSSR count). The largest absolute Gasteiger partial charge is 0.380 e. The zero-order chi connectivity index (χ0) is 13.9. The second kappa shape index (κ2) is 5.70. The summed E-state index contributed by atoms with van der Waals surface area (Å²) in [5.74, 6) is 0. The van der Waals surface area contributed by atoms with Gasteiger partial charge in [0, 0.05) is 33.9 Å². The molecule has 0 aliphatic rings. The van der Waals surface area contributed by atoms with Gasteiger partial charge in [0.05, 0.1) is 5.52 Å². The summed E-state index contributed by atoms with van der Waals surface area (Å²) in [5.41, 5.74) is 2.97. The van der Waals surface area contributed by atoms with Gasteiger partial charge in [0.2, 0.25) is 0 Å². The quantitative estimate of drug-likeness (QED) is 0.723. The van der Waals surface area contributed by atoms with Gasteiger partial charge in [-0.15, -0.1) is 0 Å². The average Bonchev–Trinajstić information content (AvgIpc) is 2.46. The number of pyridine rings is 1.